The summed E-state index contributed by atoms with van der Waals surface area (Å²) in [5, 5.41) is 10.9. The first kappa shape index (κ1) is 21.3. The van der Waals surface area contributed by atoms with E-state index in [1.54, 1.807) is 12.3 Å². The summed E-state index contributed by atoms with van der Waals surface area (Å²) in [5.41, 5.74) is 15.7. The van der Waals surface area contributed by atoms with E-state index in [0.717, 1.165) is 54.1 Å². The monoisotopic (exact) mass is 448 g/mol. The van der Waals surface area contributed by atoms with E-state index in [4.69, 9.17) is 21.4 Å². The van der Waals surface area contributed by atoms with Crippen LogP contribution in [0.15, 0.2) is 24.4 Å². The molecule has 0 spiro atoms. The molecule has 2 atom stereocenters. The molecule has 6 N–H and O–H groups in total. The number of aryl methyl sites for hydroxylation is 1. The molecule has 172 valence electrons. The summed E-state index contributed by atoms with van der Waals surface area (Å²) in [6, 6.07) is 5.18. The maximum absolute atomic E-state index is 12.6. The second-order valence-electron chi connectivity index (χ2n) is 9.23. The number of quaternary nitrogens is 1. The molecule has 1 aliphatic heterocycles. The molecule has 0 saturated carbocycles. The quantitative estimate of drug-likeness (QED) is 0.424. The molecule has 0 bridgehead atoms. The molecule has 3 aromatic heterocycles. The van der Waals surface area contributed by atoms with Crippen molar-refractivity contribution in [2.45, 2.75) is 57.9 Å². The average molecular weight is 449 g/mol. The van der Waals surface area contributed by atoms with Crippen LogP contribution in [-0.4, -0.2) is 43.6 Å². The van der Waals surface area contributed by atoms with E-state index < -0.39 is 6.04 Å². The lowest BCUT2D eigenvalue weighted by molar-refractivity contribution is -0.121. The van der Waals surface area contributed by atoms with E-state index in [1.807, 2.05) is 12.1 Å². The van der Waals surface area contributed by atoms with Gasteiger partial charge in [-0.3, -0.25) is 9.89 Å². The fourth-order valence-corrected chi connectivity index (χ4v) is 5.09. The van der Waals surface area contributed by atoms with Crippen LogP contribution in [0, 0.1) is 0 Å². The first-order valence-electron chi connectivity index (χ1n) is 11.5. The number of aromatic nitrogens is 5. The minimum absolute atomic E-state index is 0.155. The van der Waals surface area contributed by atoms with Crippen LogP contribution < -0.4 is 21.3 Å². The molecule has 5 rings (SSSR count). The van der Waals surface area contributed by atoms with Crippen LogP contribution in [0.3, 0.4) is 0 Å². The van der Waals surface area contributed by atoms with Gasteiger partial charge in [-0.2, -0.15) is 15.1 Å². The number of primary amides is 1. The molecule has 10 nitrogen and oxygen atoms in total. The number of anilines is 3. The number of pyridine rings is 1. The van der Waals surface area contributed by atoms with Gasteiger partial charge >= 0.3 is 5.95 Å². The van der Waals surface area contributed by atoms with Crippen molar-refractivity contribution in [2.24, 2.45) is 5.73 Å². The third-order valence-electron chi connectivity index (χ3n) is 6.82. The van der Waals surface area contributed by atoms with Crippen molar-refractivity contribution in [3.05, 3.63) is 41.3 Å². The molecule has 3 aromatic rings. The van der Waals surface area contributed by atoms with Gasteiger partial charge in [0.15, 0.2) is 17.5 Å². The van der Waals surface area contributed by atoms with Crippen LogP contribution in [0.2, 0.25) is 0 Å². The number of hydrogen-bond acceptors (Lipinski definition) is 7. The topological polar surface area (TPSA) is 148 Å². The summed E-state index contributed by atoms with van der Waals surface area (Å²) in [6.45, 7) is 4.89. The first-order chi connectivity index (χ1) is 15.9. The Bertz CT molecular complexity index is 1190. The lowest BCUT2D eigenvalue weighted by Gasteiger charge is -2.35. The fourth-order valence-electron chi connectivity index (χ4n) is 5.09. The van der Waals surface area contributed by atoms with Crippen molar-refractivity contribution < 1.29 is 4.79 Å². The molecule has 0 aromatic carbocycles. The van der Waals surface area contributed by atoms with E-state index in [-0.39, 0.29) is 10.4 Å². The number of carbonyl (C=O) groups is 1. The van der Waals surface area contributed by atoms with E-state index in [1.165, 1.54) is 0 Å². The Morgan fingerprint density at radius 3 is 2.79 bits per heavy atom. The number of hydrogen-bond donors (Lipinski definition) is 4. The summed E-state index contributed by atoms with van der Waals surface area (Å²) in [4.78, 5) is 26.9. The average Bonchev–Trinajstić information content (AvgIpc) is 3.53. The highest BCUT2D eigenvalue weighted by atomic mass is 16.1. The number of nitrogens with one attached hydrogen (secondary N) is 2. The second kappa shape index (κ2) is 8.11. The summed E-state index contributed by atoms with van der Waals surface area (Å²) < 4.78 is 0.155. The highest BCUT2D eigenvalue weighted by Gasteiger charge is 2.52. The Morgan fingerprint density at radius 1 is 1.24 bits per heavy atom. The summed E-state index contributed by atoms with van der Waals surface area (Å²) in [7, 11) is 0. The highest BCUT2D eigenvalue weighted by molar-refractivity contribution is 5.84. The lowest BCUT2D eigenvalue weighted by atomic mass is 10.1. The number of nitrogens with zero attached hydrogens (tertiary/aromatic N) is 5. The predicted octanol–water partition coefficient (Wildman–Crippen LogP) is 2.82. The molecule has 1 amide bonds. The Labute approximate surface area is 192 Å². The number of amides is 1. The van der Waals surface area contributed by atoms with E-state index in [9.17, 15) is 4.79 Å². The van der Waals surface area contributed by atoms with Gasteiger partial charge < -0.3 is 16.8 Å². The smallest absolute Gasteiger partial charge is 0.337 e. The van der Waals surface area contributed by atoms with Gasteiger partial charge in [-0.1, -0.05) is 13.8 Å². The van der Waals surface area contributed by atoms with Gasteiger partial charge in [0, 0.05) is 36.2 Å². The molecule has 2 unspecified atom stereocenters. The number of fused-ring (bicyclic) bond motifs is 1. The third-order valence-corrected chi connectivity index (χ3v) is 6.82. The predicted molar refractivity (Wildman–Crippen MR) is 127 cm³/mol. The number of carbonyl (C=O) groups excluding carboxylic acids is 1. The van der Waals surface area contributed by atoms with Crippen LogP contribution in [0.4, 0.5) is 29.1 Å². The molecule has 1 saturated heterocycles. The zero-order valence-electron chi connectivity index (χ0n) is 19.0. The van der Waals surface area contributed by atoms with Gasteiger partial charge in [0.1, 0.15) is 11.6 Å². The van der Waals surface area contributed by atoms with Gasteiger partial charge in [-0.05, 0) is 31.2 Å². The maximum atomic E-state index is 12.6. The summed E-state index contributed by atoms with van der Waals surface area (Å²) >= 11 is 0. The maximum Gasteiger partial charge on any atom is 0.337 e. The highest BCUT2D eigenvalue weighted by Crippen LogP contribution is 2.43. The van der Waals surface area contributed by atoms with Crippen LogP contribution in [0.25, 0.3) is 0 Å². The van der Waals surface area contributed by atoms with Gasteiger partial charge in [-0.15, -0.1) is 0 Å². The van der Waals surface area contributed by atoms with Crippen LogP contribution in [-0.2, 0) is 17.6 Å². The zero-order chi connectivity index (χ0) is 23.2. The van der Waals surface area contributed by atoms with E-state index in [0.29, 0.717) is 36.5 Å². The minimum atomic E-state index is -0.472. The number of rotatable bonds is 6. The SMILES string of the molecule is CC(C)c1cc(Nc2nc([N+]3(c4ccc(N)nc4)CCCC3C(N)=O)nc3c2CCC3)n[nH]1. The molecule has 2 aliphatic rings. The number of nitrogens with two attached hydrogens (primary N) is 2. The molecular weight excluding hydrogens is 418 g/mol. The molecular formula is C23H30N9O+. The largest absolute Gasteiger partial charge is 0.384 e. The van der Waals surface area contributed by atoms with Crippen molar-refractivity contribution in [1.29, 1.82) is 0 Å². The molecule has 1 fully saturated rings. The first-order valence-corrected chi connectivity index (χ1v) is 11.5. The lowest BCUT2D eigenvalue weighted by Crippen LogP contribution is -2.55. The van der Waals surface area contributed by atoms with Crippen molar-refractivity contribution in [1.82, 2.24) is 29.6 Å². The van der Waals surface area contributed by atoms with Crippen molar-refractivity contribution in [2.75, 3.05) is 17.6 Å². The molecule has 4 heterocycles. The van der Waals surface area contributed by atoms with Crippen molar-refractivity contribution in [3.63, 3.8) is 0 Å². The number of aromatic amines is 1. The third kappa shape index (κ3) is 3.60. The molecule has 0 radical (unpaired) electrons. The van der Waals surface area contributed by atoms with E-state index in [2.05, 4.69) is 34.3 Å². The second-order valence-corrected chi connectivity index (χ2v) is 9.23. The summed E-state index contributed by atoms with van der Waals surface area (Å²) in [5.74, 6) is 2.41. The molecule has 10 heteroatoms. The molecule has 33 heavy (non-hydrogen) atoms. The van der Waals surface area contributed by atoms with E-state index >= 15 is 0 Å². The van der Waals surface area contributed by atoms with Gasteiger partial charge in [-0.25, -0.2) is 9.47 Å². The Morgan fingerprint density at radius 2 is 2.09 bits per heavy atom. The number of nitrogen functional groups attached to an aromatic ring is 1. The Hall–Kier alpha value is -3.53. The standard InChI is InChI=1S/C23H29N9O/c1-13(2)17-11-20(31-30-17)28-22-15-5-3-6-16(15)27-23(29-22)32(10-4-7-18(32)21(25)33)14-8-9-19(24)26-12-14/h8-9,11-13,18H,3-7,10H2,1-2H3,(H5-,24,25,26,27,28,29,30,31,33)/p+1. The number of H-pyrrole nitrogens is 1. The Balaban J connectivity index is 1.65. The van der Waals surface area contributed by atoms with Gasteiger partial charge in [0.2, 0.25) is 0 Å². The summed E-state index contributed by atoms with van der Waals surface area (Å²) in [6.07, 6.45) is 6.00. The van der Waals surface area contributed by atoms with Gasteiger partial charge in [0.25, 0.3) is 5.91 Å². The minimum Gasteiger partial charge on any atom is -0.384 e. The van der Waals surface area contributed by atoms with Crippen LogP contribution in [0.1, 0.15) is 56.0 Å². The van der Waals surface area contributed by atoms with Crippen molar-refractivity contribution in [3.8, 4) is 0 Å². The Kier molecular flexibility index (Phi) is 5.24. The molecule has 1 aliphatic carbocycles. The van der Waals surface area contributed by atoms with Crippen molar-refractivity contribution >= 4 is 35.0 Å². The zero-order valence-corrected chi connectivity index (χ0v) is 19.0. The van der Waals surface area contributed by atoms with Crippen LogP contribution >= 0.6 is 0 Å². The van der Waals surface area contributed by atoms with Gasteiger partial charge in [0.05, 0.1) is 18.4 Å². The fraction of sp³-hybridized carbons (Fsp3) is 0.435. The normalized spacial score (nSPS) is 22.0. The van der Waals surface area contributed by atoms with Crippen LogP contribution in [0.5, 0.6) is 0 Å².